The average molecular weight is 288 g/mol. The summed E-state index contributed by atoms with van der Waals surface area (Å²) in [6.45, 7) is 6.47. The Bertz CT molecular complexity index is 587. The zero-order valence-corrected chi connectivity index (χ0v) is 12.6. The first-order chi connectivity index (χ1) is 9.95. The fraction of sp³-hybridized carbons (Fsp3) is 0.467. The Morgan fingerprint density at radius 1 is 1.33 bits per heavy atom. The summed E-state index contributed by atoms with van der Waals surface area (Å²) in [4.78, 5) is 20.2. The zero-order chi connectivity index (χ0) is 15.3. The third-order valence-electron chi connectivity index (χ3n) is 2.90. The quantitative estimate of drug-likeness (QED) is 0.910. The number of rotatable bonds is 5. The highest BCUT2D eigenvalue weighted by molar-refractivity contribution is 5.75. The highest BCUT2D eigenvalue weighted by Crippen LogP contribution is 2.18. The predicted molar refractivity (Wildman–Crippen MR) is 77.4 cm³/mol. The summed E-state index contributed by atoms with van der Waals surface area (Å²) >= 11 is 0. The van der Waals surface area contributed by atoms with Crippen LogP contribution in [0.25, 0.3) is 0 Å². The van der Waals surface area contributed by atoms with Crippen LogP contribution in [0.2, 0.25) is 0 Å². The molecule has 0 aliphatic rings. The molecule has 112 valence electrons. The SMILES string of the molecule is CC(C)(C)c1noc(CCC(=O)NCc2ccccn2)n1. The van der Waals surface area contributed by atoms with Crippen molar-refractivity contribution in [2.75, 3.05) is 0 Å². The van der Waals surface area contributed by atoms with Gasteiger partial charge in [-0.2, -0.15) is 4.98 Å². The molecular weight excluding hydrogens is 268 g/mol. The monoisotopic (exact) mass is 288 g/mol. The molecule has 1 amide bonds. The standard InChI is InChI=1S/C15H20N4O2/c1-15(2,3)14-18-13(21-19-14)8-7-12(20)17-10-11-6-4-5-9-16-11/h4-6,9H,7-8,10H2,1-3H3,(H,17,20). The molecule has 0 radical (unpaired) electrons. The van der Waals surface area contributed by atoms with Gasteiger partial charge in [-0.15, -0.1) is 0 Å². The van der Waals surface area contributed by atoms with Crippen LogP contribution in [0.3, 0.4) is 0 Å². The van der Waals surface area contributed by atoms with Crippen LogP contribution in [0.4, 0.5) is 0 Å². The summed E-state index contributed by atoms with van der Waals surface area (Å²) in [6.07, 6.45) is 2.46. The summed E-state index contributed by atoms with van der Waals surface area (Å²) in [5, 5.41) is 6.75. The molecule has 1 N–H and O–H groups in total. The molecule has 0 unspecified atom stereocenters. The van der Waals surface area contributed by atoms with E-state index in [0.29, 0.717) is 31.1 Å². The Balaban J connectivity index is 1.78. The van der Waals surface area contributed by atoms with Crippen molar-refractivity contribution in [1.82, 2.24) is 20.4 Å². The van der Waals surface area contributed by atoms with E-state index in [2.05, 4.69) is 20.4 Å². The number of nitrogens with one attached hydrogen (secondary N) is 1. The zero-order valence-electron chi connectivity index (χ0n) is 12.6. The lowest BCUT2D eigenvalue weighted by molar-refractivity contribution is -0.121. The second-order valence-electron chi connectivity index (χ2n) is 5.86. The van der Waals surface area contributed by atoms with Crippen molar-refractivity contribution in [3.05, 3.63) is 41.8 Å². The maximum atomic E-state index is 11.8. The molecule has 2 heterocycles. The molecule has 0 aromatic carbocycles. The van der Waals surface area contributed by atoms with Crippen molar-refractivity contribution in [2.45, 2.75) is 45.6 Å². The molecular formula is C15H20N4O2. The van der Waals surface area contributed by atoms with E-state index < -0.39 is 0 Å². The first kappa shape index (κ1) is 15.2. The highest BCUT2D eigenvalue weighted by atomic mass is 16.5. The highest BCUT2D eigenvalue weighted by Gasteiger charge is 2.21. The molecule has 0 saturated carbocycles. The summed E-state index contributed by atoms with van der Waals surface area (Å²) < 4.78 is 5.15. The van der Waals surface area contributed by atoms with Gasteiger partial charge in [-0.1, -0.05) is 32.0 Å². The second-order valence-corrected chi connectivity index (χ2v) is 5.86. The van der Waals surface area contributed by atoms with Gasteiger partial charge in [0, 0.05) is 24.5 Å². The molecule has 0 saturated heterocycles. The van der Waals surface area contributed by atoms with Crippen LogP contribution < -0.4 is 5.32 Å². The van der Waals surface area contributed by atoms with Gasteiger partial charge in [0.15, 0.2) is 5.82 Å². The number of hydrogen-bond acceptors (Lipinski definition) is 5. The number of carbonyl (C=O) groups is 1. The van der Waals surface area contributed by atoms with Crippen LogP contribution in [0, 0.1) is 0 Å². The van der Waals surface area contributed by atoms with Crippen LogP contribution in [0.15, 0.2) is 28.9 Å². The summed E-state index contributed by atoms with van der Waals surface area (Å²) in [5.41, 5.74) is 0.682. The van der Waals surface area contributed by atoms with Crippen molar-refractivity contribution in [3.8, 4) is 0 Å². The molecule has 21 heavy (non-hydrogen) atoms. The summed E-state index contributed by atoms with van der Waals surface area (Å²) in [6, 6.07) is 5.60. The van der Waals surface area contributed by atoms with Gasteiger partial charge >= 0.3 is 0 Å². The molecule has 2 rings (SSSR count). The van der Waals surface area contributed by atoms with Crippen molar-refractivity contribution in [2.24, 2.45) is 0 Å². The van der Waals surface area contributed by atoms with Crippen LogP contribution in [-0.2, 0) is 23.2 Å². The Kier molecular flexibility index (Phi) is 4.67. The lowest BCUT2D eigenvalue weighted by atomic mass is 9.96. The topological polar surface area (TPSA) is 80.9 Å². The number of aromatic nitrogens is 3. The largest absolute Gasteiger partial charge is 0.350 e. The van der Waals surface area contributed by atoms with Crippen LogP contribution in [0.5, 0.6) is 0 Å². The van der Waals surface area contributed by atoms with Crippen molar-refractivity contribution in [1.29, 1.82) is 0 Å². The third-order valence-corrected chi connectivity index (χ3v) is 2.90. The molecule has 2 aromatic heterocycles. The Morgan fingerprint density at radius 2 is 2.14 bits per heavy atom. The maximum absolute atomic E-state index is 11.8. The number of hydrogen-bond donors (Lipinski definition) is 1. The van der Waals surface area contributed by atoms with E-state index in [1.165, 1.54) is 0 Å². The van der Waals surface area contributed by atoms with Gasteiger partial charge in [-0.25, -0.2) is 0 Å². The van der Waals surface area contributed by atoms with E-state index in [0.717, 1.165) is 5.69 Å². The average Bonchev–Trinajstić information content (AvgIpc) is 2.93. The fourth-order valence-corrected chi connectivity index (χ4v) is 1.66. The number of amides is 1. The number of nitrogens with zero attached hydrogens (tertiary/aromatic N) is 3. The molecule has 6 heteroatoms. The van der Waals surface area contributed by atoms with E-state index in [9.17, 15) is 4.79 Å². The van der Waals surface area contributed by atoms with Gasteiger partial charge in [0.05, 0.1) is 12.2 Å². The van der Waals surface area contributed by atoms with Crippen LogP contribution in [0.1, 0.15) is 44.6 Å². The first-order valence-corrected chi connectivity index (χ1v) is 6.95. The van der Waals surface area contributed by atoms with E-state index in [1.54, 1.807) is 6.20 Å². The Labute approximate surface area is 124 Å². The molecule has 0 bridgehead atoms. The normalized spacial score (nSPS) is 11.4. The van der Waals surface area contributed by atoms with Crippen molar-refractivity contribution >= 4 is 5.91 Å². The number of aryl methyl sites for hydroxylation is 1. The lowest BCUT2D eigenvalue weighted by Gasteiger charge is -2.10. The molecule has 2 aromatic rings. The minimum absolute atomic E-state index is 0.0591. The summed E-state index contributed by atoms with van der Waals surface area (Å²) in [5.74, 6) is 1.09. The Hall–Kier alpha value is -2.24. The van der Waals surface area contributed by atoms with Gasteiger partial charge in [0.2, 0.25) is 11.8 Å². The minimum Gasteiger partial charge on any atom is -0.350 e. The number of pyridine rings is 1. The lowest BCUT2D eigenvalue weighted by Crippen LogP contribution is -2.23. The smallest absolute Gasteiger partial charge is 0.227 e. The molecule has 0 atom stereocenters. The van der Waals surface area contributed by atoms with Gasteiger partial charge in [0.25, 0.3) is 0 Å². The molecule has 0 aliphatic heterocycles. The second kappa shape index (κ2) is 6.47. The minimum atomic E-state index is -0.150. The van der Waals surface area contributed by atoms with Gasteiger partial charge in [-0.3, -0.25) is 9.78 Å². The van der Waals surface area contributed by atoms with Crippen LogP contribution in [-0.4, -0.2) is 21.0 Å². The first-order valence-electron chi connectivity index (χ1n) is 6.95. The fourth-order valence-electron chi connectivity index (χ4n) is 1.66. The van der Waals surface area contributed by atoms with Crippen molar-refractivity contribution in [3.63, 3.8) is 0 Å². The summed E-state index contributed by atoms with van der Waals surface area (Å²) in [7, 11) is 0. The number of carbonyl (C=O) groups excluding carboxylic acids is 1. The predicted octanol–water partition coefficient (Wildman–Crippen LogP) is 2.01. The van der Waals surface area contributed by atoms with E-state index in [4.69, 9.17) is 4.52 Å². The molecule has 0 aliphatic carbocycles. The van der Waals surface area contributed by atoms with Gasteiger partial charge in [0.1, 0.15) is 0 Å². The molecule has 0 fully saturated rings. The van der Waals surface area contributed by atoms with Gasteiger partial charge in [-0.05, 0) is 12.1 Å². The van der Waals surface area contributed by atoms with E-state index >= 15 is 0 Å². The molecule has 0 spiro atoms. The maximum Gasteiger partial charge on any atom is 0.227 e. The third kappa shape index (κ3) is 4.66. The molecule has 6 nitrogen and oxygen atoms in total. The van der Waals surface area contributed by atoms with E-state index in [1.807, 2.05) is 39.0 Å². The van der Waals surface area contributed by atoms with Gasteiger partial charge < -0.3 is 9.84 Å². The van der Waals surface area contributed by atoms with E-state index in [-0.39, 0.29) is 11.3 Å². The Morgan fingerprint density at radius 3 is 2.76 bits per heavy atom. The van der Waals surface area contributed by atoms with Crippen molar-refractivity contribution < 1.29 is 9.32 Å². The van der Waals surface area contributed by atoms with Crippen LogP contribution >= 0.6 is 0 Å².